The van der Waals surface area contributed by atoms with Crippen LogP contribution in [0.15, 0.2) is 47.3 Å². The normalized spacial score (nSPS) is 13.0. The van der Waals surface area contributed by atoms with Crippen LogP contribution in [0.3, 0.4) is 0 Å². The van der Waals surface area contributed by atoms with Gasteiger partial charge in [0.2, 0.25) is 12.1 Å². The second kappa shape index (κ2) is 5.79. The minimum atomic E-state index is -0.710. The van der Waals surface area contributed by atoms with Crippen LogP contribution in [-0.2, 0) is 4.79 Å². The lowest BCUT2D eigenvalue weighted by Gasteiger charge is -2.25. The van der Waals surface area contributed by atoms with Gasteiger partial charge in [0.05, 0.1) is 0 Å². The molecule has 0 fully saturated rings. The summed E-state index contributed by atoms with van der Waals surface area (Å²) in [4.78, 5) is 16.7. The van der Waals surface area contributed by atoms with Gasteiger partial charge in [-0.25, -0.2) is 4.98 Å². The topological polar surface area (TPSA) is 44.1 Å². The Bertz CT molecular complexity index is 571. The molecule has 0 spiro atoms. The number of carbonyl (C=O) groups excluding carboxylic acids is 1. The zero-order valence-electron chi connectivity index (χ0n) is 11.7. The Balaban J connectivity index is 2.28. The summed E-state index contributed by atoms with van der Waals surface area (Å²) in [6.07, 6.45) is 4.56. The first kappa shape index (κ1) is 14.8. The third-order valence-corrected chi connectivity index (χ3v) is 3.26. The van der Waals surface area contributed by atoms with Crippen molar-refractivity contribution in [3.8, 4) is 5.88 Å². The zero-order valence-corrected chi connectivity index (χ0v) is 13.3. The number of Topliss-reactive ketones (excluding diaryl/α,β-unsaturated/α-hetero) is 1. The molecular weight excluding hydrogens is 320 g/mol. The maximum atomic E-state index is 12.6. The summed E-state index contributed by atoms with van der Waals surface area (Å²) in [7, 11) is 0. The number of ether oxygens (including phenoxy) is 1. The molecule has 0 saturated carbocycles. The summed E-state index contributed by atoms with van der Waals surface area (Å²) < 4.78 is 8.40. The van der Waals surface area contributed by atoms with Crippen molar-refractivity contribution < 1.29 is 9.53 Å². The van der Waals surface area contributed by atoms with Gasteiger partial charge in [-0.3, -0.25) is 4.79 Å². The van der Waals surface area contributed by atoms with Crippen molar-refractivity contribution in [1.29, 1.82) is 0 Å². The average Bonchev–Trinajstić information content (AvgIpc) is 2.90. The van der Waals surface area contributed by atoms with Crippen LogP contribution < -0.4 is 4.74 Å². The van der Waals surface area contributed by atoms with Crippen LogP contribution >= 0.6 is 15.9 Å². The van der Waals surface area contributed by atoms with E-state index in [1.54, 1.807) is 16.8 Å². The number of aromatic nitrogens is 2. The Kier molecular flexibility index (Phi) is 4.28. The number of nitrogens with zero attached hydrogens (tertiary/aromatic N) is 2. The van der Waals surface area contributed by atoms with Crippen molar-refractivity contribution in [2.75, 3.05) is 0 Å². The fourth-order valence-electron chi connectivity index (χ4n) is 1.67. The summed E-state index contributed by atoms with van der Waals surface area (Å²) in [5.41, 5.74) is -0.496. The molecule has 106 valence electrons. The van der Waals surface area contributed by atoms with Gasteiger partial charge in [-0.2, -0.15) is 0 Å². The second-order valence-corrected chi connectivity index (χ2v) is 6.45. The van der Waals surface area contributed by atoms with E-state index < -0.39 is 11.6 Å². The van der Waals surface area contributed by atoms with Crippen molar-refractivity contribution in [3.63, 3.8) is 0 Å². The van der Waals surface area contributed by atoms with Gasteiger partial charge in [-0.05, 0) is 34.1 Å². The molecule has 0 saturated heterocycles. The van der Waals surface area contributed by atoms with Gasteiger partial charge in [-0.15, -0.1) is 0 Å². The molecule has 0 aliphatic carbocycles. The van der Waals surface area contributed by atoms with Crippen molar-refractivity contribution >= 4 is 21.7 Å². The minimum Gasteiger partial charge on any atom is -0.446 e. The van der Waals surface area contributed by atoms with Crippen LogP contribution in [0.5, 0.6) is 5.88 Å². The number of rotatable bonds is 4. The fourth-order valence-corrected chi connectivity index (χ4v) is 1.91. The van der Waals surface area contributed by atoms with Gasteiger partial charge in [0.25, 0.3) is 0 Å². The molecule has 1 unspecified atom stereocenters. The predicted molar refractivity (Wildman–Crippen MR) is 80.5 cm³/mol. The number of hydrogen-bond acceptors (Lipinski definition) is 3. The first-order valence-electron chi connectivity index (χ1n) is 6.33. The summed E-state index contributed by atoms with van der Waals surface area (Å²) in [5, 5.41) is 0. The number of hydrogen-bond donors (Lipinski definition) is 0. The standard InChI is InChI=1S/C15H17BrN2O2/c1-15(2,3)13(19)14(18-8-4-5-9-18)20-12-7-6-11(16)10-17-12/h4-10,14H,1-3H3. The van der Waals surface area contributed by atoms with Crippen molar-refractivity contribution in [1.82, 2.24) is 9.55 Å². The van der Waals surface area contributed by atoms with Gasteiger partial charge >= 0.3 is 0 Å². The highest BCUT2D eigenvalue weighted by molar-refractivity contribution is 9.10. The summed E-state index contributed by atoms with van der Waals surface area (Å²) in [5.74, 6) is 0.419. The molecule has 0 aliphatic rings. The van der Waals surface area contributed by atoms with E-state index in [0.717, 1.165) is 4.47 Å². The van der Waals surface area contributed by atoms with Gasteiger partial charge in [0.15, 0.2) is 5.78 Å². The van der Waals surface area contributed by atoms with Crippen molar-refractivity contribution in [2.24, 2.45) is 5.41 Å². The van der Waals surface area contributed by atoms with Crippen molar-refractivity contribution in [2.45, 2.75) is 27.0 Å². The van der Waals surface area contributed by atoms with Crippen molar-refractivity contribution in [3.05, 3.63) is 47.3 Å². The molecule has 1 atom stereocenters. The lowest BCUT2D eigenvalue weighted by molar-refractivity contribution is -0.137. The maximum Gasteiger partial charge on any atom is 0.237 e. The highest BCUT2D eigenvalue weighted by Gasteiger charge is 2.32. The predicted octanol–water partition coefficient (Wildman–Crippen LogP) is 3.84. The van der Waals surface area contributed by atoms with Gasteiger partial charge in [0.1, 0.15) is 0 Å². The number of pyridine rings is 1. The Morgan fingerprint density at radius 3 is 2.45 bits per heavy atom. The lowest BCUT2D eigenvalue weighted by atomic mass is 9.89. The minimum absolute atomic E-state index is 0.00146. The third-order valence-electron chi connectivity index (χ3n) is 2.79. The van der Waals surface area contributed by atoms with E-state index >= 15 is 0 Å². The highest BCUT2D eigenvalue weighted by Crippen LogP contribution is 2.26. The van der Waals surface area contributed by atoms with E-state index in [1.165, 1.54) is 0 Å². The molecule has 0 aliphatic heterocycles. The average molecular weight is 337 g/mol. The molecule has 2 aromatic heterocycles. The molecule has 2 rings (SSSR count). The summed E-state index contributed by atoms with van der Waals surface area (Å²) >= 11 is 3.32. The number of carbonyl (C=O) groups is 1. The maximum absolute atomic E-state index is 12.6. The molecular formula is C15H17BrN2O2. The first-order valence-corrected chi connectivity index (χ1v) is 7.12. The van der Waals surface area contributed by atoms with Gasteiger partial charge in [0, 0.05) is 34.5 Å². The SMILES string of the molecule is CC(C)(C)C(=O)C(Oc1ccc(Br)cn1)n1cccc1. The van der Waals surface area contributed by atoms with Crippen LogP contribution in [0.2, 0.25) is 0 Å². The first-order chi connectivity index (χ1) is 9.38. The second-order valence-electron chi connectivity index (χ2n) is 5.53. The quantitative estimate of drug-likeness (QED) is 0.851. The third kappa shape index (κ3) is 3.48. The molecule has 0 bridgehead atoms. The van der Waals surface area contributed by atoms with Crippen LogP contribution in [0, 0.1) is 5.41 Å². The monoisotopic (exact) mass is 336 g/mol. The Labute approximate surface area is 126 Å². The van der Waals surface area contributed by atoms with E-state index in [0.29, 0.717) is 5.88 Å². The Hall–Kier alpha value is -1.62. The van der Waals surface area contributed by atoms with Gasteiger partial charge < -0.3 is 9.30 Å². The van der Waals surface area contributed by atoms with E-state index in [-0.39, 0.29) is 5.78 Å². The van der Waals surface area contributed by atoms with Gasteiger partial charge in [-0.1, -0.05) is 20.8 Å². The zero-order chi connectivity index (χ0) is 14.8. The van der Waals surface area contributed by atoms with Crippen LogP contribution in [0.4, 0.5) is 0 Å². The number of halogens is 1. The lowest BCUT2D eigenvalue weighted by Crippen LogP contribution is -2.33. The molecule has 20 heavy (non-hydrogen) atoms. The molecule has 4 nitrogen and oxygen atoms in total. The fraction of sp³-hybridized carbons (Fsp3) is 0.333. The van der Waals surface area contributed by atoms with Crippen LogP contribution in [0.1, 0.15) is 27.0 Å². The molecule has 2 aromatic rings. The van der Waals surface area contributed by atoms with E-state index in [1.807, 2.05) is 51.4 Å². The Morgan fingerprint density at radius 2 is 1.95 bits per heavy atom. The van der Waals surface area contributed by atoms with E-state index in [2.05, 4.69) is 20.9 Å². The smallest absolute Gasteiger partial charge is 0.237 e. The number of ketones is 1. The summed E-state index contributed by atoms with van der Waals surface area (Å²) in [6.45, 7) is 5.64. The highest BCUT2D eigenvalue weighted by atomic mass is 79.9. The molecule has 0 N–H and O–H groups in total. The van der Waals surface area contributed by atoms with E-state index in [9.17, 15) is 4.79 Å². The molecule has 0 radical (unpaired) electrons. The molecule has 5 heteroatoms. The summed E-state index contributed by atoms with van der Waals surface area (Å²) in [6, 6.07) is 7.29. The molecule has 2 heterocycles. The largest absolute Gasteiger partial charge is 0.446 e. The molecule has 0 amide bonds. The van der Waals surface area contributed by atoms with Crippen LogP contribution in [0.25, 0.3) is 0 Å². The van der Waals surface area contributed by atoms with E-state index in [4.69, 9.17) is 4.74 Å². The Morgan fingerprint density at radius 1 is 1.30 bits per heavy atom. The molecule has 0 aromatic carbocycles. The van der Waals surface area contributed by atoms with Crippen LogP contribution in [-0.4, -0.2) is 15.3 Å².